The molecule has 21 heavy (non-hydrogen) atoms. The number of halogens is 1. The molecule has 0 radical (unpaired) electrons. The molecule has 4 nitrogen and oxygen atoms in total. The van der Waals surface area contributed by atoms with Crippen molar-refractivity contribution in [3.63, 3.8) is 0 Å². The van der Waals surface area contributed by atoms with Gasteiger partial charge >= 0.3 is 0 Å². The Morgan fingerprint density at radius 1 is 1.14 bits per heavy atom. The van der Waals surface area contributed by atoms with Crippen molar-refractivity contribution < 1.29 is 4.39 Å². The van der Waals surface area contributed by atoms with E-state index in [0.717, 1.165) is 0 Å². The number of hydrogen-bond acceptors (Lipinski definition) is 3. The van der Waals surface area contributed by atoms with E-state index in [2.05, 4.69) is 10.1 Å². The zero-order valence-electron chi connectivity index (χ0n) is 11.3. The topological polar surface area (TPSA) is 47.2 Å². The van der Waals surface area contributed by atoms with Crippen molar-refractivity contribution in [1.82, 2.24) is 9.66 Å². The van der Waals surface area contributed by atoms with Crippen molar-refractivity contribution in [3.8, 4) is 0 Å². The molecule has 1 heterocycles. The maximum absolute atomic E-state index is 12.8. The second-order valence-corrected chi connectivity index (χ2v) is 4.59. The Kier molecular flexibility index (Phi) is 3.31. The molecule has 0 aliphatic carbocycles. The van der Waals surface area contributed by atoms with Crippen molar-refractivity contribution in [1.29, 1.82) is 0 Å². The summed E-state index contributed by atoms with van der Waals surface area (Å²) in [7, 11) is 0. The molecule has 0 unspecified atom stereocenters. The fraction of sp³-hybridized carbons (Fsp3) is 0.0625. The van der Waals surface area contributed by atoms with Crippen LogP contribution >= 0.6 is 0 Å². The average Bonchev–Trinajstić information content (AvgIpc) is 2.49. The van der Waals surface area contributed by atoms with E-state index in [1.165, 1.54) is 23.0 Å². The highest BCUT2D eigenvalue weighted by Gasteiger charge is 2.06. The third-order valence-corrected chi connectivity index (χ3v) is 3.11. The minimum Gasteiger partial charge on any atom is -0.267 e. The molecule has 1 aromatic heterocycles. The van der Waals surface area contributed by atoms with Crippen molar-refractivity contribution >= 4 is 17.1 Å². The van der Waals surface area contributed by atoms with Crippen molar-refractivity contribution in [2.75, 3.05) is 0 Å². The Bertz CT molecular complexity index is 882. The normalized spacial score (nSPS) is 11.3. The highest BCUT2D eigenvalue weighted by Crippen LogP contribution is 2.07. The van der Waals surface area contributed by atoms with Crippen LogP contribution in [-0.4, -0.2) is 15.9 Å². The first kappa shape index (κ1) is 13.2. The SMILES string of the molecule is Cc1nc2ccccc2c(=O)n1/N=C\c1ccc(F)cc1. The third kappa shape index (κ3) is 2.58. The molecule has 0 saturated carbocycles. The van der Waals surface area contributed by atoms with Gasteiger partial charge in [0.1, 0.15) is 11.6 Å². The Labute approximate surface area is 120 Å². The molecule has 0 amide bonds. The van der Waals surface area contributed by atoms with Crippen LogP contribution in [0.5, 0.6) is 0 Å². The monoisotopic (exact) mass is 281 g/mol. The van der Waals surface area contributed by atoms with Crippen LogP contribution in [0.4, 0.5) is 4.39 Å². The zero-order valence-corrected chi connectivity index (χ0v) is 11.3. The van der Waals surface area contributed by atoms with Crippen molar-refractivity contribution in [3.05, 3.63) is 76.1 Å². The first-order valence-corrected chi connectivity index (χ1v) is 6.43. The minimum atomic E-state index is -0.312. The van der Waals surface area contributed by atoms with Gasteiger partial charge < -0.3 is 0 Å². The van der Waals surface area contributed by atoms with Crippen molar-refractivity contribution in [2.45, 2.75) is 6.92 Å². The number of nitrogens with zero attached hydrogens (tertiary/aromatic N) is 3. The second kappa shape index (κ2) is 5.28. The third-order valence-electron chi connectivity index (χ3n) is 3.11. The van der Waals surface area contributed by atoms with Crippen LogP contribution in [0.25, 0.3) is 10.9 Å². The maximum Gasteiger partial charge on any atom is 0.282 e. The zero-order chi connectivity index (χ0) is 14.8. The number of aromatic nitrogens is 2. The van der Waals surface area contributed by atoms with Gasteiger partial charge in [-0.3, -0.25) is 4.79 Å². The molecule has 0 saturated heterocycles. The summed E-state index contributed by atoms with van der Waals surface area (Å²) < 4.78 is 14.1. The molecule has 0 fully saturated rings. The summed E-state index contributed by atoms with van der Waals surface area (Å²) in [5, 5.41) is 4.66. The van der Waals surface area contributed by atoms with Crippen LogP contribution in [0, 0.1) is 12.7 Å². The molecule has 0 spiro atoms. The average molecular weight is 281 g/mol. The van der Waals surface area contributed by atoms with Gasteiger partial charge in [0.15, 0.2) is 0 Å². The smallest absolute Gasteiger partial charge is 0.267 e. The summed E-state index contributed by atoms with van der Waals surface area (Å²) in [6.07, 6.45) is 1.50. The lowest BCUT2D eigenvalue weighted by atomic mass is 10.2. The summed E-state index contributed by atoms with van der Waals surface area (Å²) in [5.41, 5.74) is 1.13. The minimum absolute atomic E-state index is 0.225. The molecule has 0 bridgehead atoms. The maximum atomic E-state index is 12.8. The number of para-hydroxylation sites is 1. The van der Waals surface area contributed by atoms with Crippen LogP contribution in [0.2, 0.25) is 0 Å². The number of benzene rings is 2. The van der Waals surface area contributed by atoms with E-state index in [1.54, 1.807) is 37.3 Å². The molecular weight excluding hydrogens is 269 g/mol. The molecule has 3 rings (SSSR count). The van der Waals surface area contributed by atoms with Gasteiger partial charge in [-0.2, -0.15) is 9.78 Å². The fourth-order valence-corrected chi connectivity index (χ4v) is 2.04. The molecule has 0 N–H and O–H groups in total. The number of fused-ring (bicyclic) bond motifs is 1. The standard InChI is InChI=1S/C16H12FN3O/c1-11-19-15-5-3-2-4-14(15)16(21)20(11)18-10-12-6-8-13(17)9-7-12/h2-10H,1H3/b18-10-. The van der Waals surface area contributed by atoms with Gasteiger partial charge in [0, 0.05) is 0 Å². The number of rotatable bonds is 2. The summed E-state index contributed by atoms with van der Waals surface area (Å²) >= 11 is 0. The first-order chi connectivity index (χ1) is 10.1. The van der Waals surface area contributed by atoms with E-state index in [1.807, 2.05) is 6.07 Å². The highest BCUT2D eigenvalue weighted by molar-refractivity contribution is 5.80. The first-order valence-electron chi connectivity index (χ1n) is 6.43. The van der Waals surface area contributed by atoms with Crippen LogP contribution < -0.4 is 5.56 Å². The quantitative estimate of drug-likeness (QED) is 0.678. The van der Waals surface area contributed by atoms with Gasteiger partial charge in [0.25, 0.3) is 5.56 Å². The molecule has 5 heteroatoms. The highest BCUT2D eigenvalue weighted by atomic mass is 19.1. The lowest BCUT2D eigenvalue weighted by Gasteiger charge is -2.04. The van der Waals surface area contributed by atoms with E-state index < -0.39 is 0 Å². The van der Waals surface area contributed by atoms with Crippen LogP contribution in [0.3, 0.4) is 0 Å². The Hall–Kier alpha value is -2.82. The van der Waals surface area contributed by atoms with Crippen LogP contribution in [-0.2, 0) is 0 Å². The largest absolute Gasteiger partial charge is 0.282 e. The van der Waals surface area contributed by atoms with Gasteiger partial charge in [0.2, 0.25) is 0 Å². The molecule has 0 aliphatic rings. The summed E-state index contributed by atoms with van der Waals surface area (Å²) in [6.45, 7) is 1.72. The summed E-state index contributed by atoms with van der Waals surface area (Å²) in [5.74, 6) is 0.185. The summed E-state index contributed by atoms with van der Waals surface area (Å²) in [6, 6.07) is 13.0. The Morgan fingerprint density at radius 2 is 1.86 bits per heavy atom. The lowest BCUT2D eigenvalue weighted by Crippen LogP contribution is -2.20. The predicted molar refractivity (Wildman–Crippen MR) is 80.1 cm³/mol. The van der Waals surface area contributed by atoms with E-state index in [4.69, 9.17) is 0 Å². The number of aryl methyl sites for hydroxylation is 1. The Balaban J connectivity index is 2.08. The van der Waals surface area contributed by atoms with Gasteiger partial charge in [-0.25, -0.2) is 9.37 Å². The van der Waals surface area contributed by atoms with Gasteiger partial charge in [0.05, 0.1) is 17.1 Å². The lowest BCUT2D eigenvalue weighted by molar-refractivity contribution is 0.628. The predicted octanol–water partition coefficient (Wildman–Crippen LogP) is 2.73. The molecular formula is C16H12FN3O. The molecule has 0 atom stereocenters. The van der Waals surface area contributed by atoms with E-state index in [9.17, 15) is 9.18 Å². The van der Waals surface area contributed by atoms with E-state index in [0.29, 0.717) is 22.3 Å². The van der Waals surface area contributed by atoms with Gasteiger partial charge in [-0.1, -0.05) is 24.3 Å². The van der Waals surface area contributed by atoms with Gasteiger partial charge in [-0.15, -0.1) is 0 Å². The summed E-state index contributed by atoms with van der Waals surface area (Å²) in [4.78, 5) is 16.7. The van der Waals surface area contributed by atoms with Crippen molar-refractivity contribution in [2.24, 2.45) is 5.10 Å². The van der Waals surface area contributed by atoms with Gasteiger partial charge in [-0.05, 0) is 36.8 Å². The molecule has 104 valence electrons. The molecule has 3 aromatic rings. The fourth-order valence-electron chi connectivity index (χ4n) is 2.04. The molecule has 0 aliphatic heterocycles. The number of hydrogen-bond donors (Lipinski definition) is 0. The van der Waals surface area contributed by atoms with Crippen LogP contribution in [0.1, 0.15) is 11.4 Å². The molecule has 2 aromatic carbocycles. The Morgan fingerprint density at radius 3 is 2.62 bits per heavy atom. The van der Waals surface area contributed by atoms with Crippen LogP contribution in [0.15, 0.2) is 58.4 Å². The second-order valence-electron chi connectivity index (χ2n) is 4.59. The van der Waals surface area contributed by atoms with E-state index >= 15 is 0 Å². The van der Waals surface area contributed by atoms with E-state index in [-0.39, 0.29) is 11.4 Å².